The van der Waals surface area contributed by atoms with Crippen molar-refractivity contribution in [3.63, 3.8) is 0 Å². The fourth-order valence-electron chi connectivity index (χ4n) is 6.57. The van der Waals surface area contributed by atoms with Gasteiger partial charge in [0.15, 0.2) is 0 Å². The number of benzene rings is 2. The Bertz CT molecular complexity index is 1750. The van der Waals surface area contributed by atoms with Gasteiger partial charge in [0, 0.05) is 13.0 Å². The summed E-state index contributed by atoms with van der Waals surface area (Å²) in [4.78, 5) is 97.9. The van der Waals surface area contributed by atoms with Crippen molar-refractivity contribution in [2.75, 3.05) is 11.9 Å². The number of carbonyl (C=O) groups excluding carboxylic acids is 7. The molecule has 7 amide bonds. The highest BCUT2D eigenvalue weighted by molar-refractivity contribution is 6.07. The van der Waals surface area contributed by atoms with Crippen molar-refractivity contribution in [3.05, 3.63) is 59.7 Å². The first-order chi connectivity index (χ1) is 26.0. The van der Waals surface area contributed by atoms with Crippen LogP contribution in [0.5, 0.6) is 5.75 Å². The molecule has 0 aliphatic carbocycles. The van der Waals surface area contributed by atoms with Gasteiger partial charge in [-0.3, -0.25) is 33.6 Å². The van der Waals surface area contributed by atoms with E-state index in [4.69, 9.17) is 0 Å². The van der Waals surface area contributed by atoms with E-state index in [2.05, 4.69) is 31.9 Å². The molecule has 0 unspecified atom stereocenters. The predicted molar refractivity (Wildman–Crippen MR) is 202 cm³/mol. The van der Waals surface area contributed by atoms with E-state index < -0.39 is 89.6 Å². The van der Waals surface area contributed by atoms with Crippen molar-refractivity contribution >= 4 is 47.0 Å². The largest absolute Gasteiger partial charge is 0.508 e. The van der Waals surface area contributed by atoms with Crippen molar-refractivity contribution in [2.24, 2.45) is 11.8 Å². The Kier molecular flexibility index (Phi) is 14.4. The van der Waals surface area contributed by atoms with E-state index in [-0.39, 0.29) is 35.9 Å². The first kappa shape index (κ1) is 42.2. The second-order valence-electron chi connectivity index (χ2n) is 14.7. The highest BCUT2D eigenvalue weighted by Crippen LogP contribution is 2.24. The Morgan fingerprint density at radius 2 is 1.38 bits per heavy atom. The minimum Gasteiger partial charge on any atom is -0.508 e. The number of para-hydroxylation sites is 1. The zero-order valence-electron chi connectivity index (χ0n) is 32.0. The van der Waals surface area contributed by atoms with E-state index in [0.717, 1.165) is 0 Å². The van der Waals surface area contributed by atoms with E-state index >= 15 is 0 Å². The summed E-state index contributed by atoms with van der Waals surface area (Å²) in [5.74, 6) is -5.78. The highest BCUT2D eigenvalue weighted by atomic mass is 16.3. The Balaban J connectivity index is 1.76. The second-order valence-corrected chi connectivity index (χ2v) is 14.7. The molecule has 2 aliphatic rings. The molecular formula is C39H53N7O9. The molecule has 8 N–H and O–H groups in total. The van der Waals surface area contributed by atoms with Gasteiger partial charge in [0.25, 0.3) is 5.91 Å². The molecule has 0 bridgehead atoms. The molecule has 55 heavy (non-hydrogen) atoms. The van der Waals surface area contributed by atoms with Crippen LogP contribution >= 0.6 is 0 Å². The predicted octanol–water partition coefficient (Wildman–Crippen LogP) is 0.718. The van der Waals surface area contributed by atoms with Gasteiger partial charge in [0.05, 0.1) is 17.4 Å². The Labute approximate surface area is 320 Å². The first-order valence-electron chi connectivity index (χ1n) is 18.7. The highest BCUT2D eigenvalue weighted by Gasteiger charge is 2.41. The van der Waals surface area contributed by atoms with Crippen LogP contribution in [0.3, 0.4) is 0 Å². The quantitative estimate of drug-likeness (QED) is 0.207. The number of hydrogen-bond acceptors (Lipinski definition) is 9. The molecule has 2 heterocycles. The van der Waals surface area contributed by atoms with Gasteiger partial charge in [0.1, 0.15) is 42.0 Å². The lowest BCUT2D eigenvalue weighted by atomic mass is 9.97. The summed E-state index contributed by atoms with van der Waals surface area (Å²) in [7, 11) is 0. The minimum atomic E-state index is -1.58. The normalized spacial score (nSPS) is 26.1. The van der Waals surface area contributed by atoms with Crippen LogP contribution in [-0.4, -0.2) is 105 Å². The maximum Gasteiger partial charge on any atom is 0.254 e. The monoisotopic (exact) mass is 763 g/mol. The molecule has 2 aliphatic heterocycles. The molecule has 1 saturated heterocycles. The van der Waals surface area contributed by atoms with Crippen molar-refractivity contribution < 1.29 is 43.8 Å². The van der Waals surface area contributed by atoms with Gasteiger partial charge < -0.3 is 47.0 Å². The number of anilines is 1. The van der Waals surface area contributed by atoms with E-state index in [9.17, 15) is 43.8 Å². The molecule has 16 nitrogen and oxygen atoms in total. The van der Waals surface area contributed by atoms with E-state index in [0.29, 0.717) is 24.8 Å². The zero-order valence-corrected chi connectivity index (χ0v) is 32.0. The van der Waals surface area contributed by atoms with Crippen LogP contribution in [0.4, 0.5) is 5.69 Å². The Hall–Kier alpha value is -5.51. The van der Waals surface area contributed by atoms with Crippen LogP contribution in [0.15, 0.2) is 48.5 Å². The molecule has 8 atom stereocenters. The van der Waals surface area contributed by atoms with Crippen LogP contribution in [0, 0.1) is 11.8 Å². The molecule has 4 rings (SSSR count). The van der Waals surface area contributed by atoms with Crippen molar-refractivity contribution in [3.8, 4) is 5.75 Å². The number of nitrogens with one attached hydrogen (secondary N) is 6. The third-order valence-corrected chi connectivity index (χ3v) is 10.1. The SMILES string of the molecule is CC[C@H](C)[C@@H]1NC(=O)[C@H](C)NC(=O)[C@H]([C@@H](C)O)NC(=O)[C@H](Cc2ccc(O)cc2)NC(=O)[C@@H](C(C)C)NC(=O)c2ccccc2NC(=O)[C@@H]2CCCN2C1=O. The van der Waals surface area contributed by atoms with Crippen LogP contribution in [0.1, 0.15) is 76.7 Å². The van der Waals surface area contributed by atoms with Crippen LogP contribution in [-0.2, 0) is 35.2 Å². The number of hydrogen-bond donors (Lipinski definition) is 8. The lowest BCUT2D eigenvalue weighted by Crippen LogP contribution is -2.62. The number of fused-ring (bicyclic) bond motifs is 2. The topological polar surface area (TPSA) is 235 Å². The second kappa shape index (κ2) is 18.7. The molecule has 0 aromatic heterocycles. The number of aliphatic hydroxyl groups is 1. The number of nitrogens with zero attached hydrogens (tertiary/aromatic N) is 1. The maximum absolute atomic E-state index is 14.1. The molecule has 16 heteroatoms. The van der Waals surface area contributed by atoms with Gasteiger partial charge in [0.2, 0.25) is 35.4 Å². The van der Waals surface area contributed by atoms with Crippen LogP contribution in [0.25, 0.3) is 0 Å². The van der Waals surface area contributed by atoms with E-state index in [1.165, 1.54) is 43.0 Å². The van der Waals surface area contributed by atoms with E-state index in [1.807, 2.05) is 6.92 Å². The standard InChI is InChI=1S/C39H53N7O9/c1-7-21(4)31-39(55)46-18-10-13-29(46)36(52)41-27-12-9-8-11-26(27)34(50)43-30(20(2)3)37(53)42-28(19-24-14-16-25(48)17-15-24)35(51)45-32(23(6)47)38(54)40-22(5)33(49)44-31/h8-9,11-12,14-17,20-23,28-32,47-48H,7,10,13,18-19H2,1-6H3,(H,40,54)(H,41,52)(H,42,53)(H,43,50)(H,44,49)(H,45,51)/t21-,22-,23+,28-,29-,30+,31-,32-/m0/s1. The minimum absolute atomic E-state index is 0.0248. The fourth-order valence-corrected chi connectivity index (χ4v) is 6.57. The molecule has 2 aromatic rings. The summed E-state index contributed by atoms with van der Waals surface area (Å²) in [5.41, 5.74) is 0.735. The van der Waals surface area contributed by atoms with Crippen molar-refractivity contribution in [2.45, 2.75) is 110 Å². The summed E-state index contributed by atoms with van der Waals surface area (Å²) in [5, 5.41) is 36.4. The number of phenols is 1. The van der Waals surface area contributed by atoms with Gasteiger partial charge in [-0.1, -0.05) is 58.4 Å². The third kappa shape index (κ3) is 10.6. The average Bonchev–Trinajstić information content (AvgIpc) is 3.64. The summed E-state index contributed by atoms with van der Waals surface area (Å²) >= 11 is 0. The van der Waals surface area contributed by atoms with Crippen molar-refractivity contribution in [1.29, 1.82) is 0 Å². The summed E-state index contributed by atoms with van der Waals surface area (Å²) in [6.07, 6.45) is -0.204. The average molecular weight is 764 g/mol. The zero-order chi connectivity index (χ0) is 40.6. The number of amides is 7. The van der Waals surface area contributed by atoms with Crippen LogP contribution in [0.2, 0.25) is 0 Å². The number of phenolic OH excluding ortho intramolecular Hbond substituents is 1. The summed E-state index contributed by atoms with van der Waals surface area (Å²) in [6.45, 7) is 9.94. The molecule has 2 aromatic carbocycles. The molecule has 0 spiro atoms. The molecule has 298 valence electrons. The fraction of sp³-hybridized carbons (Fsp3) is 0.513. The molecule has 1 fully saturated rings. The van der Waals surface area contributed by atoms with Crippen LogP contribution < -0.4 is 31.9 Å². The lowest BCUT2D eigenvalue weighted by molar-refractivity contribution is -0.142. The summed E-state index contributed by atoms with van der Waals surface area (Å²) in [6, 6.07) is 4.86. The number of rotatable bonds is 6. The third-order valence-electron chi connectivity index (χ3n) is 10.1. The summed E-state index contributed by atoms with van der Waals surface area (Å²) < 4.78 is 0. The van der Waals surface area contributed by atoms with E-state index in [1.54, 1.807) is 45.0 Å². The number of aliphatic hydroxyl groups excluding tert-OH is 1. The lowest BCUT2D eigenvalue weighted by Gasteiger charge is -2.32. The van der Waals surface area contributed by atoms with Gasteiger partial charge >= 0.3 is 0 Å². The van der Waals surface area contributed by atoms with Gasteiger partial charge in [-0.2, -0.15) is 0 Å². The Morgan fingerprint density at radius 3 is 2.02 bits per heavy atom. The van der Waals surface area contributed by atoms with Crippen molar-refractivity contribution in [1.82, 2.24) is 31.5 Å². The molecular weight excluding hydrogens is 710 g/mol. The number of aromatic hydroxyl groups is 1. The molecule has 0 radical (unpaired) electrons. The van der Waals surface area contributed by atoms with Gasteiger partial charge in [-0.25, -0.2) is 0 Å². The molecule has 0 saturated carbocycles. The number of carbonyl (C=O) groups is 7. The maximum atomic E-state index is 14.1. The smallest absolute Gasteiger partial charge is 0.254 e. The van der Waals surface area contributed by atoms with Gasteiger partial charge in [-0.15, -0.1) is 0 Å². The first-order valence-corrected chi connectivity index (χ1v) is 18.7. The Morgan fingerprint density at radius 1 is 0.745 bits per heavy atom. The van der Waals surface area contributed by atoms with Gasteiger partial charge in [-0.05, 0) is 68.4 Å².